The van der Waals surface area contributed by atoms with Crippen molar-refractivity contribution in [2.75, 3.05) is 0 Å². The van der Waals surface area contributed by atoms with Crippen molar-refractivity contribution in [2.24, 2.45) is 0 Å². The lowest BCUT2D eigenvalue weighted by atomic mass is 9.97. The van der Waals surface area contributed by atoms with Gasteiger partial charge in [-0.15, -0.1) is 0 Å². The molecule has 1 aromatic rings. The molecule has 2 unspecified atom stereocenters. The van der Waals surface area contributed by atoms with E-state index in [0.717, 1.165) is 24.1 Å². The number of aromatic nitrogens is 1. The molecule has 1 aromatic heterocycles. The van der Waals surface area contributed by atoms with Crippen LogP contribution < -0.4 is 5.56 Å². The van der Waals surface area contributed by atoms with Crippen LogP contribution in [0.2, 0.25) is 0 Å². The molecule has 6 nitrogen and oxygen atoms in total. The smallest absolute Gasteiger partial charge is 0.411 e. The van der Waals surface area contributed by atoms with Gasteiger partial charge in [0.15, 0.2) is 0 Å². The number of nitrogens with zero attached hydrogens (tertiary/aromatic N) is 2. The highest BCUT2D eigenvalue weighted by Gasteiger charge is 2.44. The van der Waals surface area contributed by atoms with E-state index in [9.17, 15) is 9.59 Å². The Labute approximate surface area is 128 Å². The van der Waals surface area contributed by atoms with Gasteiger partial charge < -0.3 is 9.72 Å². The summed E-state index contributed by atoms with van der Waals surface area (Å²) < 4.78 is 5.50. The van der Waals surface area contributed by atoms with Gasteiger partial charge in [-0.05, 0) is 45.2 Å². The summed E-state index contributed by atoms with van der Waals surface area (Å²) in [7, 11) is 0. The number of nitrogens with one attached hydrogen (secondary N) is 1. The van der Waals surface area contributed by atoms with Gasteiger partial charge in [-0.2, -0.15) is 5.26 Å². The molecule has 1 saturated heterocycles. The number of aromatic amines is 1. The Hall–Kier alpha value is -2.29. The van der Waals surface area contributed by atoms with Crippen LogP contribution in [0.15, 0.2) is 10.9 Å². The van der Waals surface area contributed by atoms with Crippen LogP contribution in [0.1, 0.15) is 56.5 Å². The Kier molecular flexibility index (Phi) is 3.24. The summed E-state index contributed by atoms with van der Waals surface area (Å²) in [5.41, 5.74) is 0.909. The summed E-state index contributed by atoms with van der Waals surface area (Å²) in [6.07, 6.45) is 1.98. The van der Waals surface area contributed by atoms with Crippen LogP contribution in [0, 0.1) is 11.3 Å². The second kappa shape index (κ2) is 4.87. The number of carbonyl (C=O) groups excluding carboxylic acids is 1. The number of fused-ring (bicyclic) bond motifs is 4. The molecule has 0 aliphatic carbocycles. The predicted molar refractivity (Wildman–Crippen MR) is 79.3 cm³/mol. The molecule has 116 valence electrons. The second-order valence-corrected chi connectivity index (χ2v) is 6.90. The Balaban J connectivity index is 1.98. The van der Waals surface area contributed by atoms with Crippen LogP contribution in [0.25, 0.3) is 0 Å². The summed E-state index contributed by atoms with van der Waals surface area (Å²) >= 11 is 0. The fourth-order valence-corrected chi connectivity index (χ4v) is 3.35. The van der Waals surface area contributed by atoms with Crippen LogP contribution in [-0.2, 0) is 11.2 Å². The van der Waals surface area contributed by atoms with E-state index >= 15 is 0 Å². The maximum absolute atomic E-state index is 12.5. The van der Waals surface area contributed by atoms with Crippen molar-refractivity contribution in [3.05, 3.63) is 33.2 Å². The number of ether oxygens (including phenoxy) is 1. The van der Waals surface area contributed by atoms with Gasteiger partial charge in [-0.1, -0.05) is 0 Å². The average molecular weight is 301 g/mol. The minimum Gasteiger partial charge on any atom is -0.444 e. The molecule has 0 saturated carbocycles. The lowest BCUT2D eigenvalue weighted by molar-refractivity contribution is 0.0122. The summed E-state index contributed by atoms with van der Waals surface area (Å²) in [6.45, 7) is 5.53. The van der Waals surface area contributed by atoms with Crippen LogP contribution in [0.3, 0.4) is 0 Å². The van der Waals surface area contributed by atoms with Gasteiger partial charge in [0.2, 0.25) is 0 Å². The van der Waals surface area contributed by atoms with Crippen molar-refractivity contribution in [1.82, 2.24) is 9.88 Å². The molecular weight excluding hydrogens is 282 g/mol. The average Bonchev–Trinajstić information content (AvgIpc) is 2.73. The Morgan fingerprint density at radius 2 is 2.18 bits per heavy atom. The lowest BCUT2D eigenvalue weighted by Gasteiger charge is -2.37. The number of amides is 1. The van der Waals surface area contributed by atoms with Gasteiger partial charge in [0.1, 0.15) is 17.2 Å². The summed E-state index contributed by atoms with van der Waals surface area (Å²) in [4.78, 5) is 28.8. The highest BCUT2D eigenvalue weighted by molar-refractivity contribution is 5.70. The fraction of sp³-hybridized carbons (Fsp3) is 0.562. The van der Waals surface area contributed by atoms with E-state index in [4.69, 9.17) is 10.00 Å². The van der Waals surface area contributed by atoms with E-state index < -0.39 is 5.60 Å². The van der Waals surface area contributed by atoms with Gasteiger partial charge in [0.25, 0.3) is 5.56 Å². The maximum atomic E-state index is 12.5. The third-order valence-electron chi connectivity index (χ3n) is 4.18. The number of pyridine rings is 1. The van der Waals surface area contributed by atoms with E-state index in [-0.39, 0.29) is 29.3 Å². The van der Waals surface area contributed by atoms with Crippen molar-refractivity contribution in [3.63, 3.8) is 0 Å². The first kappa shape index (κ1) is 14.6. The predicted octanol–water partition coefficient (Wildman–Crippen LogP) is 2.24. The van der Waals surface area contributed by atoms with Gasteiger partial charge in [0.05, 0.1) is 6.04 Å². The topological polar surface area (TPSA) is 86.2 Å². The zero-order chi connectivity index (χ0) is 16.1. The van der Waals surface area contributed by atoms with Crippen LogP contribution in [-0.4, -0.2) is 27.6 Å². The van der Waals surface area contributed by atoms with Gasteiger partial charge in [0, 0.05) is 18.2 Å². The number of hydrogen-bond acceptors (Lipinski definition) is 4. The zero-order valence-corrected chi connectivity index (χ0v) is 13.0. The fourth-order valence-electron chi connectivity index (χ4n) is 3.35. The SMILES string of the molecule is CC(C)(C)OC(=O)N1C2CCC1c1cc(C#N)c(=O)[nH]c1C2. The van der Waals surface area contributed by atoms with Crippen LogP contribution in [0.5, 0.6) is 0 Å². The van der Waals surface area contributed by atoms with Gasteiger partial charge >= 0.3 is 6.09 Å². The minimum atomic E-state index is -0.542. The molecule has 3 heterocycles. The van der Waals surface area contributed by atoms with Crippen molar-refractivity contribution < 1.29 is 9.53 Å². The summed E-state index contributed by atoms with van der Waals surface area (Å²) in [5, 5.41) is 9.04. The van der Waals surface area contributed by atoms with E-state index in [0.29, 0.717) is 6.42 Å². The zero-order valence-electron chi connectivity index (χ0n) is 13.0. The van der Waals surface area contributed by atoms with Crippen molar-refractivity contribution in [1.29, 1.82) is 5.26 Å². The molecule has 0 radical (unpaired) electrons. The molecule has 0 spiro atoms. The quantitative estimate of drug-likeness (QED) is 0.796. The van der Waals surface area contributed by atoms with Crippen molar-refractivity contribution in [2.45, 2.75) is 57.7 Å². The van der Waals surface area contributed by atoms with Crippen molar-refractivity contribution in [3.8, 4) is 6.07 Å². The largest absolute Gasteiger partial charge is 0.444 e. The summed E-state index contributed by atoms with van der Waals surface area (Å²) in [6, 6.07) is 3.46. The molecule has 2 atom stereocenters. The monoisotopic (exact) mass is 301 g/mol. The van der Waals surface area contributed by atoms with Gasteiger partial charge in [-0.3, -0.25) is 9.69 Å². The van der Waals surface area contributed by atoms with E-state index in [1.165, 1.54) is 0 Å². The van der Waals surface area contributed by atoms with Crippen LogP contribution in [0.4, 0.5) is 4.79 Å². The Bertz CT molecular complexity index is 724. The molecule has 0 aromatic carbocycles. The standard InChI is InChI=1S/C16H19N3O3/c1-16(2,3)22-15(21)19-10-4-5-13(19)11-6-9(8-17)14(20)18-12(11)7-10/h6,10,13H,4-5,7H2,1-3H3,(H,18,20). The lowest BCUT2D eigenvalue weighted by Crippen LogP contribution is -2.45. The highest BCUT2D eigenvalue weighted by Crippen LogP contribution is 2.43. The normalized spacial score (nSPS) is 22.9. The van der Waals surface area contributed by atoms with Crippen molar-refractivity contribution >= 4 is 6.09 Å². The molecule has 2 aliphatic rings. The highest BCUT2D eigenvalue weighted by atomic mass is 16.6. The first-order valence-corrected chi connectivity index (χ1v) is 7.47. The number of carbonyl (C=O) groups is 1. The van der Waals surface area contributed by atoms with E-state index in [1.54, 1.807) is 11.0 Å². The number of rotatable bonds is 0. The maximum Gasteiger partial charge on any atom is 0.411 e. The third kappa shape index (κ3) is 2.37. The molecule has 3 rings (SSSR count). The number of hydrogen-bond donors (Lipinski definition) is 1. The second-order valence-electron chi connectivity index (χ2n) is 6.90. The van der Waals surface area contributed by atoms with E-state index in [1.807, 2.05) is 26.8 Å². The molecular formula is C16H19N3O3. The first-order chi connectivity index (χ1) is 10.3. The Morgan fingerprint density at radius 1 is 1.45 bits per heavy atom. The molecule has 1 N–H and O–H groups in total. The summed E-state index contributed by atoms with van der Waals surface area (Å²) in [5.74, 6) is 0. The molecule has 1 amide bonds. The molecule has 6 heteroatoms. The van der Waals surface area contributed by atoms with E-state index in [2.05, 4.69) is 4.98 Å². The molecule has 1 fully saturated rings. The van der Waals surface area contributed by atoms with Crippen LogP contribution >= 0.6 is 0 Å². The molecule has 22 heavy (non-hydrogen) atoms. The molecule has 2 aliphatic heterocycles. The minimum absolute atomic E-state index is 0.0518. The Morgan fingerprint density at radius 3 is 2.82 bits per heavy atom. The number of nitriles is 1. The number of H-pyrrole nitrogens is 1. The first-order valence-electron chi connectivity index (χ1n) is 7.47. The third-order valence-corrected chi connectivity index (χ3v) is 4.18. The van der Waals surface area contributed by atoms with Gasteiger partial charge in [-0.25, -0.2) is 4.79 Å². The molecule has 2 bridgehead atoms.